The zero-order valence-corrected chi connectivity index (χ0v) is 78.0. The SMILES string of the molecule is Cc1cc(-c2ccn(C)n2)[c-]c(S(F)(F)(F)(F)F)c1.Cc1cc[c-]c(-c2ccccn2)c1.Cc1cc[c-]c(-c2ncc(C)n2C)c1.Cc1nc(S(F)(F)(F)(F)F)c[c-]c1-c1ccccn1.Cc1ncc[c-]c1-c1ccccn1.FC(F)(F)c1cc(-c2ccccn2)[n-]n1.FS(F)(F)(F)(F)c1c[c-]c(-c2ccccn2)cn1.[Ir].[Ir].[Ir].[Ir].[Ir].[Ir]. The largest absolute Gasteiger partial charge is 0.573 e. The van der Waals surface area contributed by atoms with E-state index in [1.165, 1.54) is 78.7 Å². The van der Waals surface area contributed by atoms with Gasteiger partial charge in [0.2, 0.25) is 0 Å². The van der Waals surface area contributed by atoms with Gasteiger partial charge in [0, 0.05) is 200 Å². The zero-order chi connectivity index (χ0) is 81.6. The third kappa shape index (κ3) is 32.7. The molecule has 0 aliphatic carbocycles. The van der Waals surface area contributed by atoms with E-state index >= 15 is 0 Å². The Hall–Kier alpha value is -7.82. The van der Waals surface area contributed by atoms with Crippen molar-refractivity contribution in [2.75, 3.05) is 0 Å². The number of aromatic nitrogens is 14. The second-order valence-corrected chi connectivity index (χ2v) is 30.9. The third-order valence-corrected chi connectivity index (χ3v) is 17.7. The van der Waals surface area contributed by atoms with Crippen LogP contribution in [0.4, 0.5) is 71.5 Å². The topological polar surface area (TPSA) is 166 Å². The minimum atomic E-state index is -9.76. The van der Waals surface area contributed by atoms with Gasteiger partial charge in [0.15, 0.2) is 0 Å². The minimum Gasteiger partial charge on any atom is -0.573 e. The fourth-order valence-corrected chi connectivity index (χ4v) is 11.1. The van der Waals surface area contributed by atoms with Gasteiger partial charge >= 0.3 is 6.18 Å². The molecule has 41 heteroatoms. The van der Waals surface area contributed by atoms with Crippen LogP contribution in [0.5, 0.6) is 0 Å². The molecule has 117 heavy (non-hydrogen) atoms. The van der Waals surface area contributed by atoms with E-state index in [0.29, 0.717) is 29.3 Å². The molecule has 640 valence electrons. The van der Waals surface area contributed by atoms with E-state index in [-0.39, 0.29) is 172 Å². The van der Waals surface area contributed by atoms with Crippen LogP contribution in [0.3, 0.4) is 0 Å². The van der Waals surface area contributed by atoms with Crippen LogP contribution in [-0.2, 0) is 141 Å². The third-order valence-electron chi connectivity index (χ3n) is 14.6. The molecule has 14 rings (SSSR count). The average molecular weight is 2760 g/mol. The number of rotatable bonds is 10. The van der Waals surface area contributed by atoms with Gasteiger partial charge in [0.25, 0.3) is 30.7 Å². The maximum Gasteiger partial charge on any atom is 0.431 e. The summed E-state index contributed by atoms with van der Waals surface area (Å²) in [7, 11) is -25.6. The van der Waals surface area contributed by atoms with Crippen molar-refractivity contribution in [2.24, 2.45) is 14.1 Å². The standard InChI is InChI=1S/C12H13N2.C12H10N.C11H10F5N2S.C11H8F5N2S.C11H9N2.C10H6F5N2S.C9H5F3N3.6Ir/c1-9-5-4-6-11(7-9)12-13-8-10(2)14(12)3;1-10-5-4-6-11(9-10)12-7-2-3-8-13-12;1-8-5-9(11-3-4-18(2)17-11)7-10(6-8)19(12,13,14,15)16;1-8-9(10-4-2-3-7-17-10)5-6-11(18-8)19(12,13,14,15)16;1-9-10(5-4-8-12-9)11-6-2-3-7-13-11;11-18(12,13,14,15)10-5-4-8(7-17-10)9-3-1-2-6-16-9;10-9(11,12)8-5-7(14-15-8)6-3-1-2-4-13-6;;;;;;/h4-5,7-8H,1-3H3;2-5,7-9H,1H3;3-6H,1-2H3;2-4,6-7H,1H3;2-4,6-8H,1H3;1-3,5-7H;1-5H;;;;;;/q7*-1;;;;;;. The number of hydrogen-bond acceptors (Lipinski definition) is 11. The summed E-state index contributed by atoms with van der Waals surface area (Å²) < 4.78 is 229. The molecule has 0 aliphatic heterocycles. The van der Waals surface area contributed by atoms with Gasteiger partial charge in [-0.1, -0.05) is 172 Å². The fraction of sp³-hybridized carbons (Fsp3) is 0.118. The van der Waals surface area contributed by atoms with Crippen molar-refractivity contribution in [2.45, 2.75) is 62.7 Å². The van der Waals surface area contributed by atoms with E-state index in [9.17, 15) is 71.5 Å². The second-order valence-electron chi connectivity index (χ2n) is 23.8. The van der Waals surface area contributed by atoms with Gasteiger partial charge in [-0.15, -0.1) is 153 Å². The van der Waals surface area contributed by atoms with E-state index in [4.69, 9.17) is 0 Å². The summed E-state index contributed by atoms with van der Waals surface area (Å²) >= 11 is 0. The first-order valence-electron chi connectivity index (χ1n) is 31.8. The van der Waals surface area contributed by atoms with Crippen molar-refractivity contribution < 1.29 is 192 Å². The first-order chi connectivity index (χ1) is 51.4. The Labute approximate surface area is 742 Å². The fourth-order valence-electron chi connectivity index (χ4n) is 9.25. The van der Waals surface area contributed by atoms with E-state index < -0.39 is 57.5 Å². The predicted octanol–water partition coefficient (Wildman–Crippen LogP) is 24.1. The van der Waals surface area contributed by atoms with Gasteiger partial charge < -0.3 is 49.7 Å². The van der Waals surface area contributed by atoms with Gasteiger partial charge in [-0.3, -0.25) is 14.6 Å². The molecule has 3 aromatic carbocycles. The Morgan fingerprint density at radius 3 is 1.25 bits per heavy atom. The number of halogens is 18. The van der Waals surface area contributed by atoms with E-state index in [2.05, 4.69) is 121 Å². The summed E-state index contributed by atoms with van der Waals surface area (Å²) in [5.41, 5.74) is 9.91. The molecule has 0 bridgehead atoms. The summed E-state index contributed by atoms with van der Waals surface area (Å²) in [5.74, 6) is 0.978. The number of hydrogen-bond donors (Lipinski definition) is 0. The molecule has 0 N–H and O–H groups in total. The molecule has 14 aromatic rings. The molecule has 14 nitrogen and oxygen atoms in total. The van der Waals surface area contributed by atoms with Crippen molar-refractivity contribution in [1.82, 2.24) is 69.4 Å². The van der Waals surface area contributed by atoms with Crippen molar-refractivity contribution in [3.63, 3.8) is 0 Å². The van der Waals surface area contributed by atoms with Gasteiger partial charge in [-0.2, -0.15) is 13.2 Å². The first-order valence-corrected chi connectivity index (χ1v) is 37.7. The van der Waals surface area contributed by atoms with E-state index in [0.717, 1.165) is 51.4 Å². The van der Waals surface area contributed by atoms with Crippen molar-refractivity contribution in [1.29, 1.82) is 0 Å². The maximum atomic E-state index is 12.8. The van der Waals surface area contributed by atoms with Crippen molar-refractivity contribution >= 4 is 30.7 Å². The second kappa shape index (κ2) is 40.0. The van der Waals surface area contributed by atoms with Crippen molar-refractivity contribution in [3.8, 4) is 79.1 Å². The summed E-state index contributed by atoms with van der Waals surface area (Å²) in [6.07, 6.45) is 9.24. The molecule has 0 atom stereocenters. The van der Waals surface area contributed by atoms with Crippen LogP contribution in [0.15, 0.2) is 241 Å². The molecule has 11 heterocycles. The number of aryl methyl sites for hydroxylation is 7. The quantitative estimate of drug-likeness (QED) is 0.0941. The Bertz CT molecular complexity index is 5480. The molecule has 0 saturated carbocycles. The first kappa shape index (κ1) is 105. The molecular weight excluding hydrogens is 2700 g/mol. The van der Waals surface area contributed by atoms with Gasteiger partial charge in [0.1, 0.15) is 15.7 Å². The molecule has 0 aliphatic rings. The summed E-state index contributed by atoms with van der Waals surface area (Å²) in [4.78, 5) is 32.4. The number of alkyl halides is 3. The number of nitrogens with zero attached hydrogens (tertiary/aromatic N) is 14. The van der Waals surface area contributed by atoms with Gasteiger partial charge in [-0.05, 0) is 83.6 Å². The molecule has 0 unspecified atom stereocenters. The van der Waals surface area contributed by atoms with Crippen LogP contribution in [0.1, 0.15) is 39.5 Å². The van der Waals surface area contributed by atoms with Gasteiger partial charge in [0.05, 0.1) is 5.82 Å². The van der Waals surface area contributed by atoms with Gasteiger partial charge in [-0.25, -0.2) is 5.10 Å². The monoisotopic (exact) mass is 2770 g/mol. The Kier molecular flexibility index (Phi) is 36.0. The zero-order valence-electron chi connectivity index (χ0n) is 61.2. The molecule has 11 aromatic heterocycles. The van der Waals surface area contributed by atoms with E-state index in [1.54, 1.807) is 80.2 Å². The average Bonchev–Trinajstić information content (AvgIpc) is 0.886. The van der Waals surface area contributed by atoms with Crippen LogP contribution < -0.4 is 5.10 Å². The van der Waals surface area contributed by atoms with Crippen LogP contribution in [-0.4, -0.2) is 64.3 Å². The summed E-state index contributed by atoms with van der Waals surface area (Å²) in [6, 6.07) is 59.9. The minimum absolute atomic E-state index is 0. The van der Waals surface area contributed by atoms with Crippen molar-refractivity contribution in [3.05, 3.63) is 301 Å². The smallest absolute Gasteiger partial charge is 0.431 e. The van der Waals surface area contributed by atoms with Crippen LogP contribution in [0.25, 0.3) is 79.1 Å². The molecule has 0 spiro atoms. The van der Waals surface area contributed by atoms with Crippen LogP contribution >= 0.6 is 30.7 Å². The summed E-state index contributed by atoms with van der Waals surface area (Å²) in [6.45, 7) is 10.7. The molecular formula is C76H61F18Ir6N14S3-7. The molecule has 0 fully saturated rings. The summed E-state index contributed by atoms with van der Waals surface area (Å²) in [5, 5.41) is 5.96. The number of imidazole rings is 1. The normalized spacial score (nSPS) is 12.5. The Balaban J connectivity index is 0.000000461. The molecule has 0 amide bonds. The maximum absolute atomic E-state index is 12.8. The molecule has 6 radical (unpaired) electrons. The van der Waals surface area contributed by atoms with Crippen LogP contribution in [0.2, 0.25) is 0 Å². The Morgan fingerprint density at radius 1 is 0.385 bits per heavy atom. The number of benzene rings is 3. The number of pyridine rings is 8. The molecule has 0 saturated heterocycles. The van der Waals surface area contributed by atoms with E-state index in [1.807, 2.05) is 87.8 Å². The Morgan fingerprint density at radius 2 is 0.846 bits per heavy atom. The predicted molar refractivity (Wildman–Crippen MR) is 391 cm³/mol. The van der Waals surface area contributed by atoms with Crippen LogP contribution in [0, 0.1) is 77.9 Å².